The molecule has 2 saturated heterocycles. The molecule has 1 aromatic carbocycles. The molecule has 156 valence electrons. The highest BCUT2D eigenvalue weighted by Crippen LogP contribution is 2.28. The number of likely N-dealkylation sites (tertiary alicyclic amines) is 1. The summed E-state index contributed by atoms with van der Waals surface area (Å²) in [6.45, 7) is 7.11. The lowest BCUT2D eigenvalue weighted by Crippen LogP contribution is -2.50. The third-order valence-electron chi connectivity index (χ3n) is 5.74. The lowest BCUT2D eigenvalue weighted by Gasteiger charge is -2.36. The van der Waals surface area contributed by atoms with Crippen molar-refractivity contribution in [2.75, 3.05) is 53.0 Å². The molecule has 1 aromatic rings. The van der Waals surface area contributed by atoms with Crippen molar-refractivity contribution < 1.29 is 9.47 Å². The summed E-state index contributed by atoms with van der Waals surface area (Å²) in [5.74, 6) is 1.78. The minimum absolute atomic E-state index is 0. The molecule has 2 unspecified atom stereocenters. The first-order chi connectivity index (χ1) is 13.3. The summed E-state index contributed by atoms with van der Waals surface area (Å²) in [6, 6.07) is 11.1. The van der Waals surface area contributed by atoms with Crippen LogP contribution in [0.15, 0.2) is 35.3 Å². The third-order valence-corrected chi connectivity index (χ3v) is 5.74. The van der Waals surface area contributed by atoms with Crippen molar-refractivity contribution in [3.63, 3.8) is 0 Å². The minimum Gasteiger partial charge on any atom is -0.379 e. The number of hydrogen-bond acceptors (Lipinski definition) is 4. The Morgan fingerprint density at radius 2 is 2.07 bits per heavy atom. The predicted molar refractivity (Wildman–Crippen MR) is 122 cm³/mol. The number of guanidine groups is 1. The number of nitrogens with one attached hydrogen (secondary N) is 1. The van der Waals surface area contributed by atoms with Gasteiger partial charge in [0.1, 0.15) is 0 Å². The fraction of sp³-hybridized carbons (Fsp3) is 0.667. The van der Waals surface area contributed by atoms with Crippen LogP contribution < -0.4 is 5.32 Å². The number of nitrogens with zero attached hydrogens (tertiary/aromatic N) is 3. The molecular weight excluding hydrogens is 467 g/mol. The number of morpholine rings is 1. The van der Waals surface area contributed by atoms with Gasteiger partial charge < -0.3 is 19.7 Å². The maximum atomic E-state index is 6.08. The van der Waals surface area contributed by atoms with Crippen molar-refractivity contribution in [3.8, 4) is 0 Å². The Morgan fingerprint density at radius 3 is 2.82 bits per heavy atom. The largest absolute Gasteiger partial charge is 0.379 e. The molecule has 1 N–H and O–H groups in total. The molecule has 0 radical (unpaired) electrons. The number of rotatable bonds is 7. The van der Waals surface area contributed by atoms with Crippen LogP contribution in [0.3, 0.4) is 0 Å². The maximum absolute atomic E-state index is 6.08. The number of hydrogen-bond donors (Lipinski definition) is 1. The van der Waals surface area contributed by atoms with E-state index in [0.717, 1.165) is 64.4 Å². The Labute approximate surface area is 185 Å². The van der Waals surface area contributed by atoms with E-state index in [9.17, 15) is 0 Å². The third kappa shape index (κ3) is 5.81. The zero-order chi connectivity index (χ0) is 18.5. The first kappa shape index (κ1) is 21.8. The van der Waals surface area contributed by atoms with Crippen LogP contribution in [-0.4, -0.2) is 81.0 Å². The highest BCUT2D eigenvalue weighted by Gasteiger charge is 2.41. The molecule has 28 heavy (non-hydrogen) atoms. The monoisotopic (exact) mass is 500 g/mol. The lowest BCUT2D eigenvalue weighted by atomic mass is 10.1. The molecule has 4 rings (SSSR count). The van der Waals surface area contributed by atoms with E-state index in [4.69, 9.17) is 9.47 Å². The van der Waals surface area contributed by atoms with E-state index >= 15 is 0 Å². The molecule has 3 aliphatic rings. The number of benzene rings is 1. The van der Waals surface area contributed by atoms with E-state index in [1.54, 1.807) is 0 Å². The molecule has 0 amide bonds. The van der Waals surface area contributed by atoms with Crippen molar-refractivity contribution in [1.29, 1.82) is 0 Å². The van der Waals surface area contributed by atoms with Gasteiger partial charge in [-0.1, -0.05) is 30.3 Å². The van der Waals surface area contributed by atoms with Crippen LogP contribution >= 0.6 is 24.0 Å². The second kappa shape index (κ2) is 10.8. The second-order valence-corrected chi connectivity index (χ2v) is 7.83. The van der Waals surface area contributed by atoms with Crippen LogP contribution in [0, 0.1) is 5.92 Å². The minimum atomic E-state index is 0. The summed E-state index contributed by atoms with van der Waals surface area (Å²) in [7, 11) is 1.86. The molecule has 7 heteroatoms. The normalized spacial score (nSPS) is 25.3. The molecule has 1 aliphatic carbocycles. The summed E-state index contributed by atoms with van der Waals surface area (Å²) in [5, 5.41) is 3.46. The highest BCUT2D eigenvalue weighted by molar-refractivity contribution is 14.0. The van der Waals surface area contributed by atoms with Gasteiger partial charge in [-0.3, -0.25) is 9.89 Å². The van der Waals surface area contributed by atoms with Gasteiger partial charge in [-0.25, -0.2) is 0 Å². The van der Waals surface area contributed by atoms with Gasteiger partial charge in [-0.2, -0.15) is 0 Å². The molecular formula is C21H33IN4O2. The van der Waals surface area contributed by atoms with E-state index in [1.165, 1.54) is 18.4 Å². The van der Waals surface area contributed by atoms with Gasteiger partial charge in [0.15, 0.2) is 5.96 Å². The van der Waals surface area contributed by atoms with Crippen molar-refractivity contribution in [1.82, 2.24) is 15.1 Å². The molecule has 1 saturated carbocycles. The van der Waals surface area contributed by atoms with E-state index < -0.39 is 0 Å². The van der Waals surface area contributed by atoms with Crippen LogP contribution in [0.4, 0.5) is 0 Å². The first-order valence-corrected chi connectivity index (χ1v) is 10.3. The zero-order valence-electron chi connectivity index (χ0n) is 16.8. The number of ether oxygens (including phenoxy) is 2. The van der Waals surface area contributed by atoms with Gasteiger partial charge in [0.05, 0.1) is 25.4 Å². The van der Waals surface area contributed by atoms with Crippen LogP contribution in [-0.2, 0) is 16.0 Å². The molecule has 0 spiro atoms. The highest BCUT2D eigenvalue weighted by atomic mass is 127. The van der Waals surface area contributed by atoms with E-state index in [-0.39, 0.29) is 30.1 Å². The summed E-state index contributed by atoms with van der Waals surface area (Å²) in [5.41, 5.74) is 1.37. The topological polar surface area (TPSA) is 49.3 Å². The molecule has 0 aromatic heterocycles. The summed E-state index contributed by atoms with van der Waals surface area (Å²) >= 11 is 0. The molecule has 0 bridgehead atoms. The SMILES string of the molecule is CN=C(NCCOCC1CC1)N1CC2OCCN(Cc3ccccc3)C2C1.I. The Balaban J connectivity index is 0.00000225. The predicted octanol–water partition coefficient (Wildman–Crippen LogP) is 2.19. The van der Waals surface area contributed by atoms with E-state index in [2.05, 4.69) is 50.4 Å². The second-order valence-electron chi connectivity index (χ2n) is 7.83. The fourth-order valence-corrected chi connectivity index (χ4v) is 4.05. The van der Waals surface area contributed by atoms with Gasteiger partial charge in [-0.15, -0.1) is 24.0 Å². The quantitative estimate of drug-likeness (QED) is 0.269. The van der Waals surface area contributed by atoms with Crippen molar-refractivity contribution in [2.45, 2.75) is 31.5 Å². The maximum Gasteiger partial charge on any atom is 0.193 e. The molecule has 2 heterocycles. The zero-order valence-corrected chi connectivity index (χ0v) is 19.1. The van der Waals surface area contributed by atoms with Crippen molar-refractivity contribution in [2.24, 2.45) is 10.9 Å². The Morgan fingerprint density at radius 1 is 1.25 bits per heavy atom. The Bertz CT molecular complexity index is 626. The van der Waals surface area contributed by atoms with Crippen molar-refractivity contribution in [3.05, 3.63) is 35.9 Å². The van der Waals surface area contributed by atoms with Gasteiger partial charge in [0, 0.05) is 46.4 Å². The Kier molecular flexibility index (Phi) is 8.37. The van der Waals surface area contributed by atoms with E-state index in [1.807, 2.05) is 7.05 Å². The van der Waals surface area contributed by atoms with Crippen molar-refractivity contribution >= 4 is 29.9 Å². The van der Waals surface area contributed by atoms with Crippen LogP contribution in [0.25, 0.3) is 0 Å². The summed E-state index contributed by atoms with van der Waals surface area (Å²) < 4.78 is 11.8. The average Bonchev–Trinajstić information content (AvgIpc) is 3.42. The van der Waals surface area contributed by atoms with E-state index in [0.29, 0.717) is 6.04 Å². The molecule has 3 fully saturated rings. The number of halogens is 1. The lowest BCUT2D eigenvalue weighted by molar-refractivity contribution is -0.0502. The number of aliphatic imine (C=N–C) groups is 1. The molecule has 2 atom stereocenters. The standard InChI is InChI=1S/C21H32N4O2.HI/c1-22-21(23-9-11-26-16-18-7-8-18)25-14-19-20(15-25)27-12-10-24(19)13-17-5-3-2-4-6-17;/h2-6,18-20H,7-16H2,1H3,(H,22,23);1H. The van der Waals surface area contributed by atoms with Gasteiger partial charge in [-0.05, 0) is 24.3 Å². The summed E-state index contributed by atoms with van der Waals surface area (Å²) in [6.07, 6.45) is 2.93. The molecule has 2 aliphatic heterocycles. The average molecular weight is 500 g/mol. The van der Waals surface area contributed by atoms with Gasteiger partial charge in [0.2, 0.25) is 0 Å². The molecule has 6 nitrogen and oxygen atoms in total. The Hall–Kier alpha value is -0.900. The van der Waals surface area contributed by atoms with Crippen LogP contribution in [0.1, 0.15) is 18.4 Å². The smallest absolute Gasteiger partial charge is 0.193 e. The van der Waals surface area contributed by atoms with Crippen LogP contribution in [0.2, 0.25) is 0 Å². The first-order valence-electron chi connectivity index (χ1n) is 10.3. The van der Waals surface area contributed by atoms with Gasteiger partial charge >= 0.3 is 0 Å². The summed E-state index contributed by atoms with van der Waals surface area (Å²) in [4.78, 5) is 9.38. The van der Waals surface area contributed by atoms with Gasteiger partial charge in [0.25, 0.3) is 0 Å². The van der Waals surface area contributed by atoms with Crippen LogP contribution in [0.5, 0.6) is 0 Å². The number of fused-ring (bicyclic) bond motifs is 1. The fourth-order valence-electron chi connectivity index (χ4n) is 4.05.